The number of rotatable bonds is 4. The van der Waals surface area contributed by atoms with Gasteiger partial charge in [0, 0.05) is 24.4 Å². The van der Waals surface area contributed by atoms with Crippen molar-refractivity contribution < 1.29 is 31.9 Å². The van der Waals surface area contributed by atoms with Gasteiger partial charge in [-0.1, -0.05) is 18.2 Å². The predicted molar refractivity (Wildman–Crippen MR) is 94.5 cm³/mol. The van der Waals surface area contributed by atoms with Crippen molar-refractivity contribution in [1.29, 1.82) is 0 Å². The first-order valence-electron chi connectivity index (χ1n) is 9.00. The molecule has 1 aliphatic rings. The lowest BCUT2D eigenvalue weighted by molar-refractivity contribution is -0.162. The minimum Gasteiger partial charge on any atom is -0.459 e. The van der Waals surface area contributed by atoms with Gasteiger partial charge in [0.15, 0.2) is 6.61 Å². The van der Waals surface area contributed by atoms with Crippen LogP contribution in [0.25, 0.3) is 11.0 Å². The van der Waals surface area contributed by atoms with E-state index in [1.807, 2.05) is 37.3 Å². The second-order valence-corrected chi connectivity index (χ2v) is 6.85. The van der Waals surface area contributed by atoms with Crippen LogP contribution in [0.4, 0.5) is 18.0 Å². The topological polar surface area (TPSA) is 71.8 Å². The van der Waals surface area contributed by atoms with E-state index < -0.39 is 18.9 Å². The number of amides is 2. The smallest absolute Gasteiger partial charge is 0.422 e. The van der Waals surface area contributed by atoms with Gasteiger partial charge in [-0.2, -0.15) is 13.2 Å². The Morgan fingerprint density at radius 3 is 2.61 bits per heavy atom. The number of hydrogen-bond donors (Lipinski definition) is 1. The fourth-order valence-electron chi connectivity index (χ4n) is 3.18. The number of fused-ring (bicyclic) bond motifs is 1. The Morgan fingerprint density at radius 2 is 1.96 bits per heavy atom. The van der Waals surface area contributed by atoms with Crippen LogP contribution in [0.5, 0.6) is 0 Å². The largest absolute Gasteiger partial charge is 0.459 e. The van der Waals surface area contributed by atoms with Gasteiger partial charge >= 0.3 is 12.3 Å². The number of nitrogens with zero attached hydrogens (tertiary/aromatic N) is 1. The number of halogens is 3. The van der Waals surface area contributed by atoms with Gasteiger partial charge < -0.3 is 19.4 Å². The Kier molecular flexibility index (Phi) is 5.81. The van der Waals surface area contributed by atoms with Gasteiger partial charge in [-0.05, 0) is 31.9 Å². The van der Waals surface area contributed by atoms with Gasteiger partial charge in [-0.25, -0.2) is 4.79 Å². The molecule has 6 nitrogen and oxygen atoms in total. The number of piperidine rings is 1. The van der Waals surface area contributed by atoms with Crippen molar-refractivity contribution in [2.75, 3.05) is 19.7 Å². The van der Waals surface area contributed by atoms with E-state index in [-0.39, 0.29) is 31.0 Å². The van der Waals surface area contributed by atoms with Crippen LogP contribution in [0.2, 0.25) is 0 Å². The van der Waals surface area contributed by atoms with Crippen LogP contribution in [0.1, 0.15) is 31.6 Å². The lowest BCUT2D eigenvalue weighted by atomic mass is 9.96. The predicted octanol–water partition coefficient (Wildman–Crippen LogP) is 4.02. The van der Waals surface area contributed by atoms with Crippen molar-refractivity contribution in [1.82, 2.24) is 10.2 Å². The fraction of sp³-hybridized carbons (Fsp3) is 0.474. The summed E-state index contributed by atoms with van der Waals surface area (Å²) in [6, 6.07) is 9.09. The summed E-state index contributed by atoms with van der Waals surface area (Å²) in [6.07, 6.45) is -4.84. The van der Waals surface area contributed by atoms with Crippen LogP contribution >= 0.6 is 0 Å². The van der Waals surface area contributed by atoms with Crippen molar-refractivity contribution in [3.05, 3.63) is 36.1 Å². The molecule has 0 saturated carbocycles. The monoisotopic (exact) mass is 398 g/mol. The first kappa shape index (κ1) is 20.0. The number of alkyl halides is 3. The molecule has 28 heavy (non-hydrogen) atoms. The standard InChI is InChI=1S/C19H21F3N2O4/c1-12(16-10-14-4-2-3-5-15(14)28-16)23-17(25)13-6-8-24(9-7-13)18(26)27-11-19(20,21)22/h2-5,10,12-13H,6-9,11H2,1H3,(H,23,25). The summed E-state index contributed by atoms with van der Waals surface area (Å²) in [5.74, 6) is 0.150. The Balaban J connectivity index is 1.49. The molecule has 1 fully saturated rings. The zero-order valence-electron chi connectivity index (χ0n) is 15.3. The van der Waals surface area contributed by atoms with Gasteiger partial charge in [-0.15, -0.1) is 0 Å². The molecule has 9 heteroatoms. The highest BCUT2D eigenvalue weighted by atomic mass is 19.4. The highest BCUT2D eigenvalue weighted by molar-refractivity contribution is 5.80. The molecule has 1 aromatic heterocycles. The molecule has 1 aliphatic heterocycles. The Bertz CT molecular complexity index is 808. The molecule has 1 atom stereocenters. The maximum absolute atomic E-state index is 12.5. The molecule has 0 radical (unpaired) electrons. The molecule has 152 valence electrons. The normalized spacial score (nSPS) is 16.8. The first-order chi connectivity index (χ1) is 13.2. The van der Waals surface area contributed by atoms with E-state index in [1.54, 1.807) is 0 Å². The lowest BCUT2D eigenvalue weighted by Crippen LogP contribution is -2.44. The van der Waals surface area contributed by atoms with E-state index in [0.717, 1.165) is 11.0 Å². The maximum Gasteiger partial charge on any atom is 0.422 e. The number of carbonyl (C=O) groups excluding carboxylic acids is 2. The summed E-state index contributed by atoms with van der Waals surface area (Å²) >= 11 is 0. The minimum atomic E-state index is -4.55. The van der Waals surface area contributed by atoms with E-state index in [9.17, 15) is 22.8 Å². The van der Waals surface area contributed by atoms with Crippen LogP contribution in [-0.2, 0) is 9.53 Å². The quantitative estimate of drug-likeness (QED) is 0.844. The molecule has 2 heterocycles. The number of carbonyl (C=O) groups is 2. The van der Waals surface area contributed by atoms with E-state index in [2.05, 4.69) is 10.1 Å². The molecule has 1 N–H and O–H groups in total. The second kappa shape index (κ2) is 8.12. The van der Waals surface area contributed by atoms with Crippen LogP contribution in [0, 0.1) is 5.92 Å². The second-order valence-electron chi connectivity index (χ2n) is 6.85. The van der Waals surface area contributed by atoms with E-state index in [0.29, 0.717) is 18.6 Å². The van der Waals surface area contributed by atoms with E-state index in [4.69, 9.17) is 4.42 Å². The van der Waals surface area contributed by atoms with Gasteiger partial charge in [0.1, 0.15) is 11.3 Å². The fourth-order valence-corrected chi connectivity index (χ4v) is 3.18. The molecule has 1 unspecified atom stereocenters. The highest BCUT2D eigenvalue weighted by Gasteiger charge is 2.33. The number of ether oxygens (including phenoxy) is 1. The lowest BCUT2D eigenvalue weighted by Gasteiger charge is -2.31. The minimum absolute atomic E-state index is 0.170. The molecule has 3 rings (SSSR count). The third kappa shape index (κ3) is 4.96. The average Bonchev–Trinajstić information content (AvgIpc) is 3.10. The Labute approximate surface area is 159 Å². The number of hydrogen-bond acceptors (Lipinski definition) is 4. The van der Waals surface area contributed by atoms with Crippen molar-refractivity contribution in [2.45, 2.75) is 32.0 Å². The average molecular weight is 398 g/mol. The van der Waals surface area contributed by atoms with Crippen LogP contribution in [-0.4, -0.2) is 42.8 Å². The van der Waals surface area contributed by atoms with Gasteiger partial charge in [0.2, 0.25) is 5.91 Å². The van der Waals surface area contributed by atoms with Crippen molar-refractivity contribution in [3.63, 3.8) is 0 Å². The van der Waals surface area contributed by atoms with Gasteiger partial charge in [0.05, 0.1) is 6.04 Å². The van der Waals surface area contributed by atoms with Crippen LogP contribution in [0.3, 0.4) is 0 Å². The van der Waals surface area contributed by atoms with Gasteiger partial charge in [0.25, 0.3) is 0 Å². The van der Waals surface area contributed by atoms with Crippen molar-refractivity contribution >= 4 is 23.0 Å². The number of benzene rings is 1. The molecule has 1 saturated heterocycles. The SMILES string of the molecule is CC(NC(=O)C1CCN(C(=O)OCC(F)(F)F)CC1)c1cc2ccccc2o1. The van der Waals surface area contributed by atoms with Crippen LogP contribution in [0.15, 0.2) is 34.7 Å². The number of furan rings is 1. The number of para-hydroxylation sites is 1. The zero-order valence-corrected chi connectivity index (χ0v) is 15.3. The molecule has 2 amide bonds. The summed E-state index contributed by atoms with van der Waals surface area (Å²) < 4.78 is 46.4. The molecule has 2 aromatic rings. The van der Waals surface area contributed by atoms with Crippen molar-refractivity contribution in [3.8, 4) is 0 Å². The first-order valence-corrected chi connectivity index (χ1v) is 9.00. The van der Waals surface area contributed by atoms with E-state index in [1.165, 1.54) is 4.90 Å². The molecule has 0 aliphatic carbocycles. The third-order valence-corrected chi connectivity index (χ3v) is 4.71. The van der Waals surface area contributed by atoms with E-state index >= 15 is 0 Å². The Morgan fingerprint density at radius 1 is 1.29 bits per heavy atom. The summed E-state index contributed by atoms with van der Waals surface area (Å²) in [5.41, 5.74) is 0.740. The molecule has 0 spiro atoms. The van der Waals surface area contributed by atoms with Gasteiger partial charge in [-0.3, -0.25) is 4.79 Å². The summed E-state index contributed by atoms with van der Waals surface area (Å²) in [4.78, 5) is 25.3. The zero-order chi connectivity index (χ0) is 20.3. The molecular formula is C19H21F3N2O4. The maximum atomic E-state index is 12.5. The van der Waals surface area contributed by atoms with Crippen molar-refractivity contribution in [2.24, 2.45) is 5.92 Å². The summed E-state index contributed by atoms with van der Waals surface area (Å²) in [6.45, 7) is 0.558. The third-order valence-electron chi connectivity index (χ3n) is 4.71. The molecular weight excluding hydrogens is 377 g/mol. The van der Waals surface area contributed by atoms with Crippen LogP contribution < -0.4 is 5.32 Å². The number of nitrogens with one attached hydrogen (secondary N) is 1. The highest BCUT2D eigenvalue weighted by Crippen LogP contribution is 2.25. The number of likely N-dealkylation sites (tertiary alicyclic amines) is 1. The molecule has 1 aromatic carbocycles. The summed E-state index contributed by atoms with van der Waals surface area (Å²) in [7, 11) is 0. The molecule has 0 bridgehead atoms. The Hall–Kier alpha value is -2.71. The summed E-state index contributed by atoms with van der Waals surface area (Å²) in [5, 5.41) is 3.85.